The van der Waals surface area contributed by atoms with Crippen LogP contribution in [0.15, 0.2) is 24.3 Å². The fourth-order valence-corrected chi connectivity index (χ4v) is 2.29. The van der Waals surface area contributed by atoms with Crippen molar-refractivity contribution < 1.29 is 9.18 Å². The summed E-state index contributed by atoms with van der Waals surface area (Å²) >= 11 is 4.95. The van der Waals surface area contributed by atoms with Crippen molar-refractivity contribution in [2.45, 2.75) is 20.4 Å². The molecule has 1 aromatic rings. The van der Waals surface area contributed by atoms with Gasteiger partial charge in [0, 0.05) is 13.6 Å². The Morgan fingerprint density at radius 1 is 1.37 bits per heavy atom. The molecule has 1 amide bonds. The molecule has 19 heavy (non-hydrogen) atoms. The van der Waals surface area contributed by atoms with Crippen LogP contribution in [-0.4, -0.2) is 22.8 Å². The van der Waals surface area contributed by atoms with E-state index in [4.69, 9.17) is 18.0 Å². The first-order valence-corrected chi connectivity index (χ1v) is 6.52. The van der Waals surface area contributed by atoms with E-state index in [2.05, 4.69) is 0 Å². The smallest absolute Gasteiger partial charge is 0.232 e. The third-order valence-electron chi connectivity index (χ3n) is 2.95. The maximum absolute atomic E-state index is 12.8. The van der Waals surface area contributed by atoms with Crippen molar-refractivity contribution in [2.75, 3.05) is 7.05 Å². The van der Waals surface area contributed by atoms with Crippen LogP contribution in [0.4, 0.5) is 4.39 Å². The number of hydrogen-bond acceptors (Lipinski definition) is 2. The molecule has 0 aliphatic carbocycles. The Morgan fingerprint density at radius 2 is 1.89 bits per heavy atom. The van der Waals surface area contributed by atoms with Gasteiger partial charge >= 0.3 is 0 Å². The zero-order valence-corrected chi connectivity index (χ0v) is 12.2. The lowest BCUT2D eigenvalue weighted by atomic mass is 9.94. The summed E-state index contributed by atoms with van der Waals surface area (Å²) in [5.41, 5.74) is 6.49. The molecular formula is C14H19FN2OS. The van der Waals surface area contributed by atoms with Gasteiger partial charge < -0.3 is 10.6 Å². The summed E-state index contributed by atoms with van der Waals surface area (Å²) in [7, 11) is 1.69. The molecule has 0 bridgehead atoms. The lowest BCUT2D eigenvalue weighted by molar-refractivity contribution is -0.133. The molecule has 1 atom stereocenters. The zero-order chi connectivity index (χ0) is 14.6. The van der Waals surface area contributed by atoms with Crippen LogP contribution in [0, 0.1) is 17.7 Å². The average Bonchev–Trinajstić information content (AvgIpc) is 2.31. The largest absolute Gasteiger partial charge is 0.393 e. The minimum atomic E-state index is -0.458. The molecule has 0 aliphatic heterocycles. The number of carbonyl (C=O) groups excluding carboxylic acids is 1. The standard InChI is InChI=1S/C14H19FN2OS/c1-9(2)12(13(16)19)14(18)17(3)8-10-4-6-11(15)7-5-10/h4-7,9,12H,8H2,1-3H3,(H2,16,19). The van der Waals surface area contributed by atoms with E-state index in [0.29, 0.717) is 6.54 Å². The molecule has 0 heterocycles. The van der Waals surface area contributed by atoms with E-state index in [-0.39, 0.29) is 22.6 Å². The van der Waals surface area contributed by atoms with Crippen molar-refractivity contribution >= 4 is 23.1 Å². The van der Waals surface area contributed by atoms with Crippen LogP contribution in [0.2, 0.25) is 0 Å². The molecule has 104 valence electrons. The van der Waals surface area contributed by atoms with E-state index in [9.17, 15) is 9.18 Å². The van der Waals surface area contributed by atoms with E-state index >= 15 is 0 Å². The fourth-order valence-electron chi connectivity index (χ4n) is 1.91. The van der Waals surface area contributed by atoms with Gasteiger partial charge in [-0.15, -0.1) is 0 Å². The number of rotatable bonds is 5. The predicted octanol–water partition coefficient (Wildman–Crippen LogP) is 2.34. The monoisotopic (exact) mass is 282 g/mol. The van der Waals surface area contributed by atoms with Crippen LogP contribution in [0.5, 0.6) is 0 Å². The molecule has 0 aromatic heterocycles. The number of amides is 1. The Bertz CT molecular complexity index is 459. The molecule has 1 aromatic carbocycles. The minimum Gasteiger partial charge on any atom is -0.393 e. The predicted molar refractivity (Wildman–Crippen MR) is 78.0 cm³/mol. The molecule has 0 saturated carbocycles. The van der Waals surface area contributed by atoms with Crippen molar-refractivity contribution in [3.05, 3.63) is 35.6 Å². The van der Waals surface area contributed by atoms with Gasteiger partial charge in [0.25, 0.3) is 0 Å². The lowest BCUT2D eigenvalue weighted by Gasteiger charge is -2.25. The highest BCUT2D eigenvalue weighted by atomic mass is 32.1. The van der Waals surface area contributed by atoms with Gasteiger partial charge in [-0.2, -0.15) is 0 Å². The number of thiocarbonyl (C=S) groups is 1. The molecular weight excluding hydrogens is 263 g/mol. The van der Waals surface area contributed by atoms with Gasteiger partial charge in [0.1, 0.15) is 5.82 Å². The second-order valence-corrected chi connectivity index (χ2v) is 5.42. The summed E-state index contributed by atoms with van der Waals surface area (Å²) in [5.74, 6) is -0.797. The van der Waals surface area contributed by atoms with Crippen LogP contribution in [-0.2, 0) is 11.3 Å². The number of nitrogens with two attached hydrogens (primary N) is 1. The normalized spacial score (nSPS) is 12.3. The van der Waals surface area contributed by atoms with Gasteiger partial charge in [-0.3, -0.25) is 4.79 Å². The van der Waals surface area contributed by atoms with Crippen LogP contribution in [0.3, 0.4) is 0 Å². The van der Waals surface area contributed by atoms with Crippen LogP contribution < -0.4 is 5.73 Å². The quantitative estimate of drug-likeness (QED) is 0.843. The Balaban J connectivity index is 2.76. The van der Waals surface area contributed by atoms with E-state index < -0.39 is 5.92 Å². The van der Waals surface area contributed by atoms with Crippen molar-refractivity contribution in [3.8, 4) is 0 Å². The van der Waals surface area contributed by atoms with Crippen LogP contribution in [0.25, 0.3) is 0 Å². The van der Waals surface area contributed by atoms with Crippen molar-refractivity contribution in [1.82, 2.24) is 4.90 Å². The number of nitrogens with zero attached hydrogens (tertiary/aromatic N) is 1. The number of carbonyl (C=O) groups is 1. The molecule has 2 N–H and O–H groups in total. The minimum absolute atomic E-state index is 0.0562. The van der Waals surface area contributed by atoms with Gasteiger partial charge in [0.2, 0.25) is 5.91 Å². The first kappa shape index (κ1) is 15.6. The second kappa shape index (κ2) is 6.61. The molecule has 0 aliphatic rings. The Hall–Kier alpha value is -1.49. The Labute approximate surface area is 118 Å². The van der Waals surface area contributed by atoms with Crippen molar-refractivity contribution in [3.63, 3.8) is 0 Å². The van der Waals surface area contributed by atoms with Gasteiger partial charge in [-0.25, -0.2) is 4.39 Å². The van der Waals surface area contributed by atoms with Gasteiger partial charge in [-0.1, -0.05) is 38.2 Å². The molecule has 0 fully saturated rings. The number of benzene rings is 1. The van der Waals surface area contributed by atoms with Gasteiger partial charge in [-0.05, 0) is 23.6 Å². The third kappa shape index (κ3) is 4.28. The summed E-state index contributed by atoms with van der Waals surface area (Å²) in [5, 5.41) is 0. The molecule has 0 spiro atoms. The topological polar surface area (TPSA) is 46.3 Å². The van der Waals surface area contributed by atoms with E-state index in [0.717, 1.165) is 5.56 Å². The van der Waals surface area contributed by atoms with Crippen molar-refractivity contribution in [2.24, 2.45) is 17.6 Å². The Morgan fingerprint density at radius 3 is 2.32 bits per heavy atom. The molecule has 0 saturated heterocycles. The molecule has 3 nitrogen and oxygen atoms in total. The van der Waals surface area contributed by atoms with Crippen molar-refractivity contribution in [1.29, 1.82) is 0 Å². The van der Waals surface area contributed by atoms with E-state index in [1.165, 1.54) is 12.1 Å². The first-order valence-electron chi connectivity index (χ1n) is 6.11. The number of halogens is 1. The highest BCUT2D eigenvalue weighted by Gasteiger charge is 2.27. The molecule has 0 radical (unpaired) electrons. The average molecular weight is 282 g/mol. The third-order valence-corrected chi connectivity index (χ3v) is 3.20. The van der Waals surface area contributed by atoms with Crippen LogP contribution >= 0.6 is 12.2 Å². The summed E-state index contributed by atoms with van der Waals surface area (Å²) in [6.45, 7) is 4.23. The van der Waals surface area contributed by atoms with Gasteiger partial charge in [0.05, 0.1) is 10.9 Å². The lowest BCUT2D eigenvalue weighted by Crippen LogP contribution is -2.41. The summed E-state index contributed by atoms with van der Waals surface area (Å²) in [4.78, 5) is 14.1. The highest BCUT2D eigenvalue weighted by Crippen LogP contribution is 2.16. The Kier molecular flexibility index (Phi) is 5.42. The van der Waals surface area contributed by atoms with Gasteiger partial charge in [0.15, 0.2) is 0 Å². The summed E-state index contributed by atoms with van der Waals surface area (Å²) < 4.78 is 12.8. The SMILES string of the molecule is CC(C)C(C(=O)N(C)Cc1ccc(F)cc1)C(N)=S. The number of hydrogen-bond donors (Lipinski definition) is 1. The zero-order valence-electron chi connectivity index (χ0n) is 11.4. The molecule has 1 rings (SSSR count). The van der Waals surface area contributed by atoms with Crippen LogP contribution in [0.1, 0.15) is 19.4 Å². The first-order chi connectivity index (χ1) is 8.82. The van der Waals surface area contributed by atoms with E-state index in [1.54, 1.807) is 24.1 Å². The summed E-state index contributed by atoms with van der Waals surface area (Å²) in [6, 6.07) is 6.07. The highest BCUT2D eigenvalue weighted by molar-refractivity contribution is 7.80. The van der Waals surface area contributed by atoms with E-state index in [1.807, 2.05) is 13.8 Å². The maximum atomic E-state index is 12.8. The maximum Gasteiger partial charge on any atom is 0.232 e. The molecule has 5 heteroatoms. The summed E-state index contributed by atoms with van der Waals surface area (Å²) in [6.07, 6.45) is 0. The second-order valence-electron chi connectivity index (χ2n) is 4.94. The molecule has 1 unspecified atom stereocenters. The fraction of sp³-hybridized carbons (Fsp3) is 0.429.